The first-order valence-electron chi connectivity index (χ1n) is 6.97. The van der Waals surface area contributed by atoms with Crippen LogP contribution in [0, 0.1) is 0 Å². The first kappa shape index (κ1) is 13.9. The van der Waals surface area contributed by atoms with Crippen LogP contribution in [0.25, 0.3) is 0 Å². The zero-order chi connectivity index (χ0) is 14.7. The maximum Gasteiger partial charge on any atom is 0.263 e. The highest BCUT2D eigenvalue weighted by Crippen LogP contribution is 2.28. The Bertz CT molecular complexity index is 615. The molecule has 0 saturated carbocycles. The number of fused-ring (bicyclic) bond motifs is 1. The highest BCUT2D eigenvalue weighted by Gasteiger charge is 2.27. The molecule has 6 heteroatoms. The molecule has 1 aromatic carbocycles. The first-order valence-corrected chi connectivity index (χ1v) is 7.85. The average molecular weight is 303 g/mol. The van der Waals surface area contributed by atoms with Crippen molar-refractivity contribution in [1.29, 1.82) is 0 Å². The van der Waals surface area contributed by atoms with Crippen molar-refractivity contribution in [3.8, 4) is 5.75 Å². The Hall–Kier alpha value is -2.08. The number of carbonyl (C=O) groups is 1. The zero-order valence-electron chi connectivity index (χ0n) is 11.7. The Morgan fingerprint density at radius 1 is 1.57 bits per heavy atom. The summed E-state index contributed by atoms with van der Waals surface area (Å²) in [5.41, 5.74) is 0.925. The summed E-state index contributed by atoms with van der Waals surface area (Å²) >= 11 is 1.55. The molecule has 2 heterocycles. The van der Waals surface area contributed by atoms with E-state index >= 15 is 0 Å². The summed E-state index contributed by atoms with van der Waals surface area (Å²) in [4.78, 5) is 16.6. The van der Waals surface area contributed by atoms with Crippen LogP contribution in [0.3, 0.4) is 0 Å². The molecule has 110 valence electrons. The van der Waals surface area contributed by atoms with Gasteiger partial charge in [-0.05, 0) is 18.6 Å². The monoisotopic (exact) mass is 303 g/mol. The van der Waals surface area contributed by atoms with Gasteiger partial charge in [-0.2, -0.15) is 0 Å². The summed E-state index contributed by atoms with van der Waals surface area (Å²) < 4.78 is 5.76. The average Bonchev–Trinajstić information content (AvgIpc) is 3.06. The number of thiazole rings is 1. The number of benzene rings is 1. The van der Waals surface area contributed by atoms with Crippen molar-refractivity contribution in [2.75, 3.05) is 11.9 Å². The molecule has 1 aliphatic heterocycles. The number of hydrogen-bond donors (Lipinski definition) is 2. The summed E-state index contributed by atoms with van der Waals surface area (Å²) in [6, 6.07) is 7.57. The van der Waals surface area contributed by atoms with E-state index in [9.17, 15) is 4.79 Å². The van der Waals surface area contributed by atoms with Crippen molar-refractivity contribution < 1.29 is 9.53 Å². The number of nitrogens with zero attached hydrogens (tertiary/aromatic N) is 1. The Kier molecular flexibility index (Phi) is 4.06. The third-order valence-electron chi connectivity index (χ3n) is 3.40. The molecule has 5 nitrogen and oxygen atoms in total. The minimum atomic E-state index is -0.520. The van der Waals surface area contributed by atoms with Gasteiger partial charge in [-0.3, -0.25) is 4.79 Å². The lowest BCUT2D eigenvalue weighted by molar-refractivity contribution is -0.128. The summed E-state index contributed by atoms with van der Waals surface area (Å²) in [5.74, 6) is 0.602. The van der Waals surface area contributed by atoms with Gasteiger partial charge in [0, 0.05) is 11.6 Å². The molecule has 21 heavy (non-hydrogen) atoms. The number of carbonyl (C=O) groups excluding carboxylic acids is 1. The third-order valence-corrected chi connectivity index (χ3v) is 4.29. The molecule has 2 N–H and O–H groups in total. The van der Waals surface area contributed by atoms with Crippen LogP contribution < -0.4 is 15.4 Å². The number of rotatable bonds is 4. The van der Waals surface area contributed by atoms with Gasteiger partial charge in [-0.1, -0.05) is 19.1 Å². The molecule has 2 unspecified atom stereocenters. The number of aromatic nitrogens is 1. The van der Waals surface area contributed by atoms with E-state index in [4.69, 9.17) is 4.74 Å². The molecule has 0 radical (unpaired) electrons. The molecule has 0 spiro atoms. The van der Waals surface area contributed by atoms with Gasteiger partial charge < -0.3 is 15.4 Å². The molecule has 3 rings (SSSR count). The molecular formula is C15H17N3O2S. The van der Waals surface area contributed by atoms with Crippen LogP contribution in [-0.2, 0) is 4.79 Å². The lowest BCUT2D eigenvalue weighted by Gasteiger charge is -2.27. The largest absolute Gasteiger partial charge is 0.477 e. The van der Waals surface area contributed by atoms with Crippen LogP contribution in [0.15, 0.2) is 35.8 Å². The van der Waals surface area contributed by atoms with Crippen molar-refractivity contribution in [2.24, 2.45) is 0 Å². The van der Waals surface area contributed by atoms with Crippen molar-refractivity contribution >= 4 is 22.9 Å². The Balaban J connectivity index is 1.66. The Labute approximate surface area is 127 Å². The number of para-hydroxylation sites is 2. The fourth-order valence-electron chi connectivity index (χ4n) is 2.27. The van der Waals surface area contributed by atoms with Crippen LogP contribution >= 0.6 is 11.3 Å². The van der Waals surface area contributed by atoms with Gasteiger partial charge in [0.05, 0.1) is 18.3 Å². The SMILES string of the molecule is CCC(NC(=O)C1CNc2ccccc2O1)c1nccs1. The molecular weight excluding hydrogens is 286 g/mol. The van der Waals surface area contributed by atoms with Crippen molar-refractivity contribution in [3.63, 3.8) is 0 Å². The van der Waals surface area contributed by atoms with Crippen molar-refractivity contribution in [1.82, 2.24) is 10.3 Å². The van der Waals surface area contributed by atoms with Crippen LogP contribution in [0.1, 0.15) is 24.4 Å². The standard InChI is InChI=1S/C15H17N3O2S/c1-2-10(15-16-7-8-21-15)18-14(19)13-9-17-11-5-3-4-6-12(11)20-13/h3-8,10,13,17H,2,9H2,1H3,(H,18,19). The third kappa shape index (κ3) is 3.00. The van der Waals surface area contributed by atoms with E-state index in [1.165, 1.54) is 0 Å². The minimum absolute atomic E-state index is 0.0572. The molecule has 1 aromatic heterocycles. The second kappa shape index (κ2) is 6.13. The van der Waals surface area contributed by atoms with Gasteiger partial charge in [-0.15, -0.1) is 11.3 Å². The van der Waals surface area contributed by atoms with Gasteiger partial charge in [-0.25, -0.2) is 4.98 Å². The summed E-state index contributed by atoms with van der Waals surface area (Å²) in [6.07, 6.45) is 2.04. The zero-order valence-corrected chi connectivity index (χ0v) is 12.5. The molecule has 1 amide bonds. The molecule has 0 saturated heterocycles. The van der Waals surface area contributed by atoms with Gasteiger partial charge in [0.2, 0.25) is 0 Å². The highest BCUT2D eigenvalue weighted by atomic mass is 32.1. The predicted molar refractivity (Wildman–Crippen MR) is 82.6 cm³/mol. The molecule has 2 aromatic rings. The Morgan fingerprint density at radius 3 is 3.19 bits per heavy atom. The summed E-state index contributed by atoms with van der Waals surface area (Å²) in [7, 11) is 0. The topological polar surface area (TPSA) is 63.2 Å². The molecule has 1 aliphatic rings. The fraction of sp³-hybridized carbons (Fsp3) is 0.333. The minimum Gasteiger partial charge on any atom is -0.477 e. The fourth-order valence-corrected chi connectivity index (χ4v) is 3.04. The second-order valence-corrected chi connectivity index (χ2v) is 5.75. The van der Waals surface area contributed by atoms with Crippen LogP contribution in [0.5, 0.6) is 5.75 Å². The maximum atomic E-state index is 12.4. The highest BCUT2D eigenvalue weighted by molar-refractivity contribution is 7.09. The quantitative estimate of drug-likeness (QED) is 0.911. The van der Waals surface area contributed by atoms with Gasteiger partial charge >= 0.3 is 0 Å². The van der Waals surface area contributed by atoms with Gasteiger partial charge in [0.15, 0.2) is 6.10 Å². The molecule has 0 aliphatic carbocycles. The number of hydrogen-bond acceptors (Lipinski definition) is 5. The lowest BCUT2D eigenvalue weighted by Crippen LogP contribution is -2.45. The number of nitrogens with one attached hydrogen (secondary N) is 2. The number of ether oxygens (including phenoxy) is 1. The van der Waals surface area contributed by atoms with E-state index in [2.05, 4.69) is 15.6 Å². The first-order chi connectivity index (χ1) is 10.3. The van der Waals surface area contributed by atoms with Crippen molar-refractivity contribution in [3.05, 3.63) is 40.8 Å². The Morgan fingerprint density at radius 2 is 2.43 bits per heavy atom. The molecule has 2 atom stereocenters. The van der Waals surface area contributed by atoms with Crippen LogP contribution in [0.2, 0.25) is 0 Å². The van der Waals surface area contributed by atoms with E-state index in [-0.39, 0.29) is 11.9 Å². The molecule has 0 bridgehead atoms. The van der Waals surface area contributed by atoms with Crippen LogP contribution in [0.4, 0.5) is 5.69 Å². The summed E-state index contributed by atoms with van der Waals surface area (Å²) in [6.45, 7) is 2.50. The van der Waals surface area contributed by atoms with Crippen LogP contribution in [-0.4, -0.2) is 23.5 Å². The van der Waals surface area contributed by atoms with Crippen molar-refractivity contribution in [2.45, 2.75) is 25.5 Å². The van der Waals surface area contributed by atoms with E-state index < -0.39 is 6.10 Å². The summed E-state index contributed by atoms with van der Waals surface area (Å²) in [5, 5.41) is 9.08. The smallest absolute Gasteiger partial charge is 0.263 e. The van der Waals surface area contributed by atoms with Gasteiger partial charge in [0.1, 0.15) is 10.8 Å². The maximum absolute atomic E-state index is 12.4. The number of anilines is 1. The van der Waals surface area contributed by atoms with E-state index in [0.717, 1.165) is 17.1 Å². The van der Waals surface area contributed by atoms with E-state index in [1.54, 1.807) is 17.5 Å². The predicted octanol–water partition coefficient (Wildman–Crippen LogP) is 2.58. The van der Waals surface area contributed by atoms with Gasteiger partial charge in [0.25, 0.3) is 5.91 Å². The lowest BCUT2D eigenvalue weighted by atomic mass is 10.2. The van der Waals surface area contributed by atoms with E-state index in [1.807, 2.05) is 36.6 Å². The number of amides is 1. The molecule has 0 fully saturated rings. The second-order valence-electron chi connectivity index (χ2n) is 4.82. The van der Waals surface area contributed by atoms with E-state index in [0.29, 0.717) is 12.3 Å². The normalized spacial score (nSPS) is 18.0.